The highest BCUT2D eigenvalue weighted by Crippen LogP contribution is 2.19. The summed E-state index contributed by atoms with van der Waals surface area (Å²) in [7, 11) is 1.25. The van der Waals surface area contributed by atoms with Gasteiger partial charge in [0.2, 0.25) is 0 Å². The molecule has 0 aromatic heterocycles. The van der Waals surface area contributed by atoms with Crippen LogP contribution in [0.5, 0.6) is 0 Å². The maximum Gasteiger partial charge on any atom is 0.427 e. The number of nitrogens with zero attached hydrogens (tertiary/aromatic N) is 1. The normalized spacial score (nSPS) is 10.3. The van der Waals surface area contributed by atoms with Gasteiger partial charge in [0.05, 0.1) is 18.3 Å². The predicted octanol–water partition coefficient (Wildman–Crippen LogP) is 2.68. The molecule has 6 heteroatoms. The number of hydrazone groups is 1. The van der Waals surface area contributed by atoms with E-state index in [4.69, 9.17) is 23.2 Å². The number of ether oxygens (including phenoxy) is 1. The third kappa shape index (κ3) is 3.77. The van der Waals surface area contributed by atoms with E-state index in [0.29, 0.717) is 15.6 Å². The quantitative estimate of drug-likeness (QED) is 0.645. The minimum Gasteiger partial charge on any atom is -0.452 e. The van der Waals surface area contributed by atoms with Crippen molar-refractivity contribution >= 4 is 35.5 Å². The van der Waals surface area contributed by atoms with Crippen LogP contribution in [-0.2, 0) is 4.74 Å². The summed E-state index contributed by atoms with van der Waals surface area (Å²) in [6.07, 6.45) is 0.756. The van der Waals surface area contributed by atoms with Gasteiger partial charge in [-0.15, -0.1) is 0 Å². The second-order valence-electron chi connectivity index (χ2n) is 2.53. The van der Waals surface area contributed by atoms with E-state index in [-0.39, 0.29) is 0 Å². The molecule has 1 aromatic rings. The molecule has 4 nitrogen and oxygen atoms in total. The van der Waals surface area contributed by atoms with Gasteiger partial charge in [0.25, 0.3) is 0 Å². The van der Waals surface area contributed by atoms with Gasteiger partial charge in [0.15, 0.2) is 0 Å². The maximum absolute atomic E-state index is 10.6. The number of amides is 1. The molecule has 0 aliphatic heterocycles. The van der Waals surface area contributed by atoms with Gasteiger partial charge in [-0.2, -0.15) is 5.10 Å². The van der Waals surface area contributed by atoms with Crippen LogP contribution in [0.1, 0.15) is 5.56 Å². The molecule has 1 rings (SSSR count). The van der Waals surface area contributed by atoms with Crippen LogP contribution in [0.2, 0.25) is 10.0 Å². The number of hydrogen-bond acceptors (Lipinski definition) is 3. The molecule has 1 aromatic carbocycles. The molecule has 0 saturated heterocycles. The number of rotatable bonds is 2. The van der Waals surface area contributed by atoms with E-state index < -0.39 is 6.09 Å². The van der Waals surface area contributed by atoms with Crippen molar-refractivity contribution in [3.63, 3.8) is 0 Å². The van der Waals surface area contributed by atoms with Crippen LogP contribution >= 0.6 is 23.2 Å². The Labute approximate surface area is 96.8 Å². The van der Waals surface area contributed by atoms with Crippen molar-refractivity contribution in [3.8, 4) is 0 Å². The van der Waals surface area contributed by atoms with Crippen molar-refractivity contribution in [1.29, 1.82) is 0 Å². The molecular weight excluding hydrogens is 239 g/mol. The Balaban J connectivity index is 2.68. The van der Waals surface area contributed by atoms with Crippen LogP contribution in [0.25, 0.3) is 0 Å². The van der Waals surface area contributed by atoms with Crippen LogP contribution < -0.4 is 5.43 Å². The molecule has 0 fully saturated rings. The fourth-order valence-corrected chi connectivity index (χ4v) is 1.26. The number of benzene rings is 1. The summed E-state index contributed by atoms with van der Waals surface area (Å²) in [5.74, 6) is 0. The van der Waals surface area contributed by atoms with Gasteiger partial charge in [0.1, 0.15) is 0 Å². The molecule has 0 atom stereocenters. The maximum atomic E-state index is 10.6. The minimum atomic E-state index is -0.642. The van der Waals surface area contributed by atoms with E-state index in [1.807, 2.05) is 0 Å². The summed E-state index contributed by atoms with van der Waals surface area (Å²) in [6, 6.07) is 4.95. The standard InChI is InChI=1S/C9H8Cl2N2O2/c1-15-9(14)13-12-5-6-2-3-7(10)4-8(6)11/h2-5H,1H3,(H,13,14). The first-order chi connectivity index (χ1) is 7.13. The van der Waals surface area contributed by atoms with Gasteiger partial charge in [0, 0.05) is 10.6 Å². The first-order valence-corrected chi connectivity index (χ1v) is 4.71. The summed E-state index contributed by atoms with van der Waals surface area (Å²) in [4.78, 5) is 10.6. The highest BCUT2D eigenvalue weighted by molar-refractivity contribution is 6.36. The number of nitrogens with one attached hydrogen (secondary N) is 1. The Bertz CT molecular complexity index is 394. The summed E-state index contributed by atoms with van der Waals surface area (Å²) >= 11 is 11.6. The van der Waals surface area contributed by atoms with E-state index in [1.54, 1.807) is 18.2 Å². The lowest BCUT2D eigenvalue weighted by Gasteiger charge is -1.98. The Morgan fingerprint density at radius 2 is 2.27 bits per heavy atom. The Hall–Kier alpha value is -1.26. The highest BCUT2D eigenvalue weighted by Gasteiger charge is 1.98. The largest absolute Gasteiger partial charge is 0.452 e. The molecule has 80 valence electrons. The van der Waals surface area contributed by atoms with Gasteiger partial charge in [-0.1, -0.05) is 29.3 Å². The molecule has 0 radical (unpaired) electrons. The van der Waals surface area contributed by atoms with E-state index in [1.165, 1.54) is 13.3 Å². The average molecular weight is 247 g/mol. The molecule has 0 spiro atoms. The van der Waals surface area contributed by atoms with E-state index >= 15 is 0 Å². The smallest absolute Gasteiger partial charge is 0.427 e. The second kappa shape index (κ2) is 5.58. The molecule has 0 aliphatic carbocycles. The number of halogens is 2. The fraction of sp³-hybridized carbons (Fsp3) is 0.111. The zero-order valence-corrected chi connectivity index (χ0v) is 9.34. The summed E-state index contributed by atoms with van der Waals surface area (Å²) < 4.78 is 4.32. The zero-order chi connectivity index (χ0) is 11.3. The molecule has 1 N–H and O–H groups in total. The van der Waals surface area contributed by atoms with E-state index in [9.17, 15) is 4.79 Å². The molecule has 0 unspecified atom stereocenters. The lowest BCUT2D eigenvalue weighted by atomic mass is 10.2. The van der Waals surface area contributed by atoms with Crippen LogP contribution in [0.4, 0.5) is 4.79 Å². The first-order valence-electron chi connectivity index (χ1n) is 3.95. The topological polar surface area (TPSA) is 50.7 Å². The summed E-state index contributed by atoms with van der Waals surface area (Å²) in [5, 5.41) is 4.62. The molecule has 0 heterocycles. The third-order valence-corrected chi connectivity index (χ3v) is 2.07. The number of carbonyl (C=O) groups excluding carboxylic acids is 1. The Morgan fingerprint density at radius 1 is 1.53 bits per heavy atom. The fourth-order valence-electron chi connectivity index (χ4n) is 0.806. The lowest BCUT2D eigenvalue weighted by Crippen LogP contribution is -2.16. The lowest BCUT2D eigenvalue weighted by molar-refractivity contribution is 0.171. The number of hydrogen-bond donors (Lipinski definition) is 1. The Morgan fingerprint density at radius 3 is 2.87 bits per heavy atom. The van der Waals surface area contributed by atoms with Crippen molar-refractivity contribution in [2.45, 2.75) is 0 Å². The Kier molecular flexibility index (Phi) is 4.39. The molecular formula is C9H8Cl2N2O2. The monoisotopic (exact) mass is 246 g/mol. The average Bonchev–Trinajstić information content (AvgIpc) is 2.21. The van der Waals surface area contributed by atoms with Crippen molar-refractivity contribution in [1.82, 2.24) is 5.43 Å². The molecule has 0 aliphatic rings. The molecule has 0 bridgehead atoms. The molecule has 1 amide bonds. The van der Waals surface area contributed by atoms with Crippen molar-refractivity contribution < 1.29 is 9.53 Å². The van der Waals surface area contributed by atoms with Crippen LogP contribution in [-0.4, -0.2) is 19.4 Å². The highest BCUT2D eigenvalue weighted by atomic mass is 35.5. The SMILES string of the molecule is COC(=O)NN=Cc1ccc(Cl)cc1Cl. The van der Waals surface area contributed by atoms with Crippen molar-refractivity contribution in [2.24, 2.45) is 5.10 Å². The third-order valence-electron chi connectivity index (χ3n) is 1.51. The first kappa shape index (κ1) is 11.8. The predicted molar refractivity (Wildman–Crippen MR) is 59.6 cm³/mol. The van der Waals surface area contributed by atoms with Gasteiger partial charge >= 0.3 is 6.09 Å². The molecule has 0 saturated carbocycles. The van der Waals surface area contributed by atoms with Crippen LogP contribution in [0.3, 0.4) is 0 Å². The van der Waals surface area contributed by atoms with E-state index in [2.05, 4.69) is 15.3 Å². The number of methoxy groups -OCH3 is 1. The van der Waals surface area contributed by atoms with Crippen molar-refractivity contribution in [3.05, 3.63) is 33.8 Å². The van der Waals surface area contributed by atoms with Gasteiger partial charge in [-0.3, -0.25) is 0 Å². The van der Waals surface area contributed by atoms with Gasteiger partial charge in [-0.25, -0.2) is 10.2 Å². The number of carbonyl (C=O) groups is 1. The zero-order valence-electron chi connectivity index (χ0n) is 7.83. The summed E-state index contributed by atoms with van der Waals surface area (Å²) in [5.41, 5.74) is 2.79. The summed E-state index contributed by atoms with van der Waals surface area (Å²) in [6.45, 7) is 0. The second-order valence-corrected chi connectivity index (χ2v) is 3.37. The van der Waals surface area contributed by atoms with E-state index in [0.717, 1.165) is 0 Å². The van der Waals surface area contributed by atoms with Crippen LogP contribution in [0, 0.1) is 0 Å². The molecule has 15 heavy (non-hydrogen) atoms. The van der Waals surface area contributed by atoms with Gasteiger partial charge in [-0.05, 0) is 12.1 Å². The van der Waals surface area contributed by atoms with Gasteiger partial charge < -0.3 is 4.74 Å². The van der Waals surface area contributed by atoms with Crippen molar-refractivity contribution in [2.75, 3.05) is 7.11 Å². The van der Waals surface area contributed by atoms with Crippen LogP contribution in [0.15, 0.2) is 23.3 Å². The minimum absolute atomic E-state index is 0.456.